The molecule has 0 aromatic heterocycles. The summed E-state index contributed by atoms with van der Waals surface area (Å²) in [6.45, 7) is 0.999. The van der Waals surface area contributed by atoms with Crippen LogP contribution in [0.5, 0.6) is 0 Å². The minimum Gasteiger partial charge on any atom is -0.398 e. The fraction of sp³-hybridized carbons (Fsp3) is 0.684. The number of anilines is 1. The van der Waals surface area contributed by atoms with Crippen LogP contribution in [0.4, 0.5) is 5.69 Å². The van der Waals surface area contributed by atoms with Crippen molar-refractivity contribution in [3.8, 4) is 0 Å². The molecule has 4 heteroatoms. The highest BCUT2D eigenvalue weighted by Gasteiger charge is 2.29. The van der Waals surface area contributed by atoms with Gasteiger partial charge in [-0.2, -0.15) is 0 Å². The maximum atomic E-state index is 6.36. The lowest BCUT2D eigenvalue weighted by atomic mass is 9.88. The second-order valence-electron chi connectivity index (χ2n) is 7.22. The summed E-state index contributed by atoms with van der Waals surface area (Å²) in [6, 6.07) is 5.76. The highest BCUT2D eigenvalue weighted by molar-refractivity contribution is 9.11. The van der Waals surface area contributed by atoms with Gasteiger partial charge in [0.2, 0.25) is 0 Å². The van der Waals surface area contributed by atoms with E-state index >= 15 is 0 Å². The van der Waals surface area contributed by atoms with E-state index in [4.69, 9.17) is 5.73 Å². The van der Waals surface area contributed by atoms with Gasteiger partial charge < -0.3 is 5.73 Å². The zero-order valence-electron chi connectivity index (χ0n) is 13.9. The van der Waals surface area contributed by atoms with E-state index in [-0.39, 0.29) is 0 Å². The third-order valence-electron chi connectivity index (χ3n) is 5.62. The van der Waals surface area contributed by atoms with E-state index in [0.29, 0.717) is 0 Å². The zero-order valence-corrected chi connectivity index (χ0v) is 17.0. The van der Waals surface area contributed by atoms with E-state index in [1.54, 1.807) is 0 Å². The van der Waals surface area contributed by atoms with Crippen molar-refractivity contribution in [2.45, 2.75) is 82.8 Å². The maximum absolute atomic E-state index is 6.36. The summed E-state index contributed by atoms with van der Waals surface area (Å²) < 4.78 is 2.12. The van der Waals surface area contributed by atoms with Crippen molar-refractivity contribution in [1.29, 1.82) is 0 Å². The zero-order chi connectivity index (χ0) is 16.2. The monoisotopic (exact) mass is 442 g/mol. The van der Waals surface area contributed by atoms with Gasteiger partial charge in [0.15, 0.2) is 0 Å². The second-order valence-corrected chi connectivity index (χ2v) is 8.99. The van der Waals surface area contributed by atoms with Gasteiger partial charge in [0.1, 0.15) is 0 Å². The number of nitrogen functional groups attached to an aromatic ring is 1. The van der Waals surface area contributed by atoms with Crippen LogP contribution < -0.4 is 5.73 Å². The van der Waals surface area contributed by atoms with Crippen molar-refractivity contribution in [3.05, 3.63) is 26.6 Å². The first kappa shape index (κ1) is 17.8. The third-order valence-corrected chi connectivity index (χ3v) is 6.73. The molecule has 0 radical (unpaired) electrons. The predicted octanol–water partition coefficient (Wildman–Crippen LogP) is 6.26. The molecular formula is C19H28Br2N2. The van der Waals surface area contributed by atoms with E-state index in [9.17, 15) is 0 Å². The summed E-state index contributed by atoms with van der Waals surface area (Å²) in [5.41, 5.74) is 8.54. The van der Waals surface area contributed by atoms with Gasteiger partial charge in [-0.3, -0.25) is 4.90 Å². The van der Waals surface area contributed by atoms with Crippen LogP contribution in [-0.4, -0.2) is 17.0 Å². The summed E-state index contributed by atoms with van der Waals surface area (Å²) in [4.78, 5) is 2.81. The lowest BCUT2D eigenvalue weighted by Gasteiger charge is -2.42. The largest absolute Gasteiger partial charge is 0.398 e. The van der Waals surface area contributed by atoms with Gasteiger partial charge in [-0.25, -0.2) is 0 Å². The molecule has 2 saturated carbocycles. The molecule has 23 heavy (non-hydrogen) atoms. The predicted molar refractivity (Wildman–Crippen MR) is 106 cm³/mol. The Morgan fingerprint density at radius 3 is 1.91 bits per heavy atom. The van der Waals surface area contributed by atoms with Crippen molar-refractivity contribution >= 4 is 37.5 Å². The van der Waals surface area contributed by atoms with Gasteiger partial charge in [-0.15, -0.1) is 0 Å². The summed E-state index contributed by atoms with van der Waals surface area (Å²) in [5.74, 6) is 0. The molecule has 2 fully saturated rings. The highest BCUT2D eigenvalue weighted by atomic mass is 79.9. The van der Waals surface area contributed by atoms with Gasteiger partial charge >= 0.3 is 0 Å². The Labute approximate surface area is 157 Å². The Kier molecular flexibility index (Phi) is 6.45. The molecule has 0 aliphatic heterocycles. The minimum atomic E-state index is 0.754. The standard InChI is InChI=1S/C19H28Br2N2/c20-15-11-14(19(22)18(21)12-15)13-23(16-7-3-1-4-8-16)17-9-5-2-6-10-17/h11-12,16-17H,1-10,13,22H2. The first-order chi connectivity index (χ1) is 11.1. The van der Waals surface area contributed by atoms with Gasteiger partial charge in [-0.1, -0.05) is 54.5 Å². The number of nitrogens with zero attached hydrogens (tertiary/aromatic N) is 1. The van der Waals surface area contributed by atoms with Crippen LogP contribution >= 0.6 is 31.9 Å². The molecule has 3 rings (SSSR count). The molecule has 0 atom stereocenters. The molecule has 0 heterocycles. The summed E-state index contributed by atoms with van der Waals surface area (Å²) in [5, 5.41) is 0. The van der Waals surface area contributed by atoms with E-state index in [1.807, 2.05) is 6.07 Å². The number of halogens is 2. The van der Waals surface area contributed by atoms with Gasteiger partial charge in [0, 0.05) is 27.6 Å². The molecule has 128 valence electrons. The normalized spacial score (nSPS) is 21.0. The number of hydrogen-bond donors (Lipinski definition) is 1. The van der Waals surface area contributed by atoms with Crippen LogP contribution in [0.3, 0.4) is 0 Å². The first-order valence-electron chi connectivity index (χ1n) is 9.14. The molecule has 1 aromatic rings. The van der Waals surface area contributed by atoms with Crippen LogP contribution in [0.15, 0.2) is 21.1 Å². The summed E-state index contributed by atoms with van der Waals surface area (Å²) >= 11 is 7.23. The molecule has 0 amide bonds. The fourth-order valence-corrected chi connectivity index (χ4v) is 5.66. The van der Waals surface area contributed by atoms with Crippen molar-refractivity contribution in [2.24, 2.45) is 0 Å². The quantitative estimate of drug-likeness (QED) is 0.556. The molecule has 2 aliphatic rings. The fourth-order valence-electron chi connectivity index (χ4n) is 4.35. The van der Waals surface area contributed by atoms with Crippen molar-refractivity contribution in [3.63, 3.8) is 0 Å². The molecule has 0 unspecified atom stereocenters. The molecular weight excluding hydrogens is 416 g/mol. The van der Waals surface area contributed by atoms with E-state index in [2.05, 4.69) is 42.8 Å². The van der Waals surface area contributed by atoms with Gasteiger partial charge in [0.05, 0.1) is 5.69 Å². The van der Waals surface area contributed by atoms with Crippen LogP contribution in [0, 0.1) is 0 Å². The SMILES string of the molecule is Nc1c(Br)cc(Br)cc1CN(C1CCCCC1)C1CCCCC1. The number of hydrogen-bond acceptors (Lipinski definition) is 2. The molecule has 0 spiro atoms. The van der Waals surface area contributed by atoms with Crippen molar-refractivity contribution in [1.82, 2.24) is 4.90 Å². The Morgan fingerprint density at radius 2 is 1.39 bits per heavy atom. The lowest BCUT2D eigenvalue weighted by Crippen LogP contribution is -2.44. The average molecular weight is 444 g/mol. The molecule has 1 aromatic carbocycles. The molecule has 0 saturated heterocycles. The summed E-state index contributed by atoms with van der Waals surface area (Å²) in [6.07, 6.45) is 13.9. The van der Waals surface area contributed by atoms with Crippen molar-refractivity contribution in [2.75, 3.05) is 5.73 Å². The van der Waals surface area contributed by atoms with E-state index in [1.165, 1.54) is 69.8 Å². The lowest BCUT2D eigenvalue weighted by molar-refractivity contribution is 0.0733. The Bertz CT molecular complexity index is 502. The first-order valence-corrected chi connectivity index (χ1v) is 10.7. The van der Waals surface area contributed by atoms with E-state index < -0.39 is 0 Å². The Hall–Kier alpha value is -0.0600. The third kappa shape index (κ3) is 4.52. The number of benzene rings is 1. The maximum Gasteiger partial charge on any atom is 0.0504 e. The van der Waals surface area contributed by atoms with Crippen LogP contribution in [0.2, 0.25) is 0 Å². The van der Waals surface area contributed by atoms with Gasteiger partial charge in [0.25, 0.3) is 0 Å². The van der Waals surface area contributed by atoms with Crippen LogP contribution in [-0.2, 0) is 6.54 Å². The topological polar surface area (TPSA) is 29.3 Å². The van der Waals surface area contributed by atoms with Crippen LogP contribution in [0.25, 0.3) is 0 Å². The molecule has 0 bridgehead atoms. The molecule has 2 nitrogen and oxygen atoms in total. The van der Waals surface area contributed by atoms with E-state index in [0.717, 1.165) is 33.3 Å². The minimum absolute atomic E-state index is 0.754. The van der Waals surface area contributed by atoms with Crippen LogP contribution in [0.1, 0.15) is 69.8 Å². The molecule has 2 aliphatic carbocycles. The Balaban J connectivity index is 1.82. The number of rotatable bonds is 4. The smallest absolute Gasteiger partial charge is 0.0504 e. The Morgan fingerprint density at radius 1 is 0.870 bits per heavy atom. The summed E-state index contributed by atoms with van der Waals surface area (Å²) in [7, 11) is 0. The molecule has 2 N–H and O–H groups in total. The highest BCUT2D eigenvalue weighted by Crippen LogP contribution is 2.34. The average Bonchev–Trinajstić information content (AvgIpc) is 2.58. The van der Waals surface area contributed by atoms with Gasteiger partial charge in [-0.05, 0) is 59.3 Å². The number of nitrogens with two attached hydrogens (primary N) is 1. The second kappa shape index (κ2) is 8.35. The van der Waals surface area contributed by atoms with Crippen molar-refractivity contribution < 1.29 is 0 Å².